The van der Waals surface area contributed by atoms with Crippen LogP contribution in [0.15, 0.2) is 73.3 Å². The highest BCUT2D eigenvalue weighted by Gasteiger charge is 2.24. The van der Waals surface area contributed by atoms with E-state index in [1.165, 1.54) is 11.1 Å². The molecule has 0 aliphatic rings. The topological polar surface area (TPSA) is 9.23 Å². The maximum atomic E-state index is 5.98. The summed E-state index contributed by atoms with van der Waals surface area (Å²) in [6, 6.07) is 21.1. The number of hydrogen-bond acceptors (Lipinski definition) is 1. The standard InChI is InChI=1S/C19H22O/c1-3-11-18(20-4-2)19(16-12-7-5-8-13-16)17-14-9-6-10-15-17/h3,5-10,12-15,18-19H,1,4,11H2,2H3/t18-/m1/s1. The minimum atomic E-state index is 0.127. The first-order chi connectivity index (χ1) is 9.86. The summed E-state index contributed by atoms with van der Waals surface area (Å²) in [4.78, 5) is 0. The van der Waals surface area contributed by atoms with E-state index in [9.17, 15) is 0 Å². The summed E-state index contributed by atoms with van der Waals surface area (Å²) in [5.41, 5.74) is 2.58. The van der Waals surface area contributed by atoms with Gasteiger partial charge in [0, 0.05) is 12.5 Å². The van der Waals surface area contributed by atoms with Gasteiger partial charge in [0.15, 0.2) is 0 Å². The van der Waals surface area contributed by atoms with Crippen LogP contribution in [0, 0.1) is 0 Å². The van der Waals surface area contributed by atoms with Crippen LogP contribution < -0.4 is 0 Å². The summed E-state index contributed by atoms with van der Waals surface area (Å²) in [6.45, 7) is 6.63. The molecule has 0 aromatic heterocycles. The van der Waals surface area contributed by atoms with Crippen LogP contribution in [0.5, 0.6) is 0 Å². The summed E-state index contributed by atoms with van der Waals surface area (Å²) in [5.74, 6) is 0.246. The van der Waals surface area contributed by atoms with E-state index in [2.05, 4.69) is 67.2 Å². The molecule has 1 heteroatoms. The highest BCUT2D eigenvalue weighted by Crippen LogP contribution is 2.31. The molecule has 104 valence electrons. The predicted molar refractivity (Wildman–Crippen MR) is 85.0 cm³/mol. The molecule has 2 rings (SSSR count). The van der Waals surface area contributed by atoms with E-state index in [1.807, 2.05) is 13.0 Å². The molecule has 0 spiro atoms. The molecule has 2 aromatic rings. The lowest BCUT2D eigenvalue weighted by atomic mass is 9.85. The van der Waals surface area contributed by atoms with E-state index < -0.39 is 0 Å². The fraction of sp³-hybridized carbons (Fsp3) is 0.263. The summed E-state index contributed by atoms with van der Waals surface area (Å²) >= 11 is 0. The van der Waals surface area contributed by atoms with Crippen molar-refractivity contribution in [2.24, 2.45) is 0 Å². The quantitative estimate of drug-likeness (QED) is 0.654. The first kappa shape index (κ1) is 14.5. The Labute approximate surface area is 121 Å². The Kier molecular flexibility index (Phi) is 5.57. The Morgan fingerprint density at radius 3 is 1.85 bits per heavy atom. The maximum Gasteiger partial charge on any atom is 0.0718 e. The predicted octanol–water partition coefficient (Wildman–Crippen LogP) is 4.80. The van der Waals surface area contributed by atoms with Gasteiger partial charge in [-0.3, -0.25) is 0 Å². The molecule has 1 atom stereocenters. The lowest BCUT2D eigenvalue weighted by Crippen LogP contribution is -2.23. The van der Waals surface area contributed by atoms with Crippen LogP contribution in [0.25, 0.3) is 0 Å². The lowest BCUT2D eigenvalue weighted by molar-refractivity contribution is 0.0536. The molecule has 0 unspecified atom stereocenters. The Hall–Kier alpha value is -1.86. The van der Waals surface area contributed by atoms with Crippen molar-refractivity contribution in [1.29, 1.82) is 0 Å². The van der Waals surface area contributed by atoms with Gasteiger partial charge in [-0.2, -0.15) is 0 Å². The molecule has 0 saturated carbocycles. The van der Waals surface area contributed by atoms with E-state index in [-0.39, 0.29) is 12.0 Å². The minimum Gasteiger partial charge on any atom is -0.377 e. The molecule has 0 saturated heterocycles. The molecular formula is C19H22O. The van der Waals surface area contributed by atoms with E-state index in [0.29, 0.717) is 6.61 Å². The van der Waals surface area contributed by atoms with Crippen LogP contribution in [-0.2, 0) is 4.74 Å². The van der Waals surface area contributed by atoms with Crippen molar-refractivity contribution >= 4 is 0 Å². The number of ether oxygens (including phenoxy) is 1. The van der Waals surface area contributed by atoms with Gasteiger partial charge in [0.05, 0.1) is 6.10 Å². The van der Waals surface area contributed by atoms with Crippen molar-refractivity contribution in [3.63, 3.8) is 0 Å². The molecule has 1 nitrogen and oxygen atoms in total. The molecule has 20 heavy (non-hydrogen) atoms. The van der Waals surface area contributed by atoms with Gasteiger partial charge in [-0.05, 0) is 24.5 Å². The minimum absolute atomic E-state index is 0.127. The molecule has 0 radical (unpaired) electrons. The van der Waals surface area contributed by atoms with E-state index in [1.54, 1.807) is 0 Å². The molecular weight excluding hydrogens is 244 g/mol. The zero-order valence-corrected chi connectivity index (χ0v) is 12.0. The van der Waals surface area contributed by atoms with Crippen molar-refractivity contribution in [1.82, 2.24) is 0 Å². The molecule has 0 heterocycles. The van der Waals surface area contributed by atoms with E-state index >= 15 is 0 Å². The van der Waals surface area contributed by atoms with Crippen LogP contribution in [0.1, 0.15) is 30.4 Å². The Morgan fingerprint density at radius 2 is 1.45 bits per heavy atom. The van der Waals surface area contributed by atoms with Gasteiger partial charge in [-0.1, -0.05) is 66.7 Å². The summed E-state index contributed by atoms with van der Waals surface area (Å²) in [7, 11) is 0. The molecule has 0 fully saturated rings. The molecule has 2 aromatic carbocycles. The number of rotatable bonds is 7. The zero-order valence-electron chi connectivity index (χ0n) is 12.0. The molecule has 0 aliphatic heterocycles. The summed E-state index contributed by atoms with van der Waals surface area (Å²) in [6.07, 6.45) is 2.92. The fourth-order valence-electron chi connectivity index (χ4n) is 2.62. The Morgan fingerprint density at radius 1 is 0.950 bits per heavy atom. The van der Waals surface area contributed by atoms with Gasteiger partial charge in [0.1, 0.15) is 0 Å². The Balaban J connectivity index is 2.40. The average molecular weight is 266 g/mol. The Bertz CT molecular complexity index is 464. The van der Waals surface area contributed by atoms with Crippen LogP contribution in [0.2, 0.25) is 0 Å². The number of benzene rings is 2. The van der Waals surface area contributed by atoms with Gasteiger partial charge in [0.2, 0.25) is 0 Å². The van der Waals surface area contributed by atoms with Gasteiger partial charge < -0.3 is 4.74 Å². The van der Waals surface area contributed by atoms with Gasteiger partial charge in [0.25, 0.3) is 0 Å². The van der Waals surface area contributed by atoms with Crippen LogP contribution in [0.3, 0.4) is 0 Å². The second-order valence-electron chi connectivity index (χ2n) is 4.82. The average Bonchev–Trinajstić information content (AvgIpc) is 2.50. The SMILES string of the molecule is C=CC[C@@H](OCC)C(c1ccccc1)c1ccccc1. The van der Waals surface area contributed by atoms with Crippen molar-refractivity contribution in [3.05, 3.63) is 84.4 Å². The maximum absolute atomic E-state index is 5.98. The van der Waals surface area contributed by atoms with E-state index in [4.69, 9.17) is 4.74 Å². The third-order valence-electron chi connectivity index (χ3n) is 3.47. The largest absolute Gasteiger partial charge is 0.377 e. The van der Waals surface area contributed by atoms with Crippen molar-refractivity contribution in [2.75, 3.05) is 6.61 Å². The highest BCUT2D eigenvalue weighted by atomic mass is 16.5. The second kappa shape index (κ2) is 7.66. The third kappa shape index (κ3) is 3.58. The van der Waals surface area contributed by atoms with Crippen LogP contribution in [-0.4, -0.2) is 12.7 Å². The monoisotopic (exact) mass is 266 g/mol. The molecule has 0 aliphatic carbocycles. The number of hydrogen-bond donors (Lipinski definition) is 0. The molecule has 0 amide bonds. The highest BCUT2D eigenvalue weighted by molar-refractivity contribution is 5.34. The molecule has 0 bridgehead atoms. The third-order valence-corrected chi connectivity index (χ3v) is 3.47. The summed E-state index contributed by atoms with van der Waals surface area (Å²) in [5, 5.41) is 0. The first-order valence-corrected chi connectivity index (χ1v) is 7.19. The lowest BCUT2D eigenvalue weighted by Gasteiger charge is -2.27. The second-order valence-corrected chi connectivity index (χ2v) is 4.82. The van der Waals surface area contributed by atoms with Crippen molar-refractivity contribution < 1.29 is 4.74 Å². The molecule has 0 N–H and O–H groups in total. The normalized spacial score (nSPS) is 12.3. The fourth-order valence-corrected chi connectivity index (χ4v) is 2.62. The first-order valence-electron chi connectivity index (χ1n) is 7.19. The van der Waals surface area contributed by atoms with E-state index in [0.717, 1.165) is 6.42 Å². The van der Waals surface area contributed by atoms with Crippen molar-refractivity contribution in [2.45, 2.75) is 25.4 Å². The smallest absolute Gasteiger partial charge is 0.0718 e. The van der Waals surface area contributed by atoms with Crippen molar-refractivity contribution in [3.8, 4) is 0 Å². The van der Waals surface area contributed by atoms with Gasteiger partial charge >= 0.3 is 0 Å². The van der Waals surface area contributed by atoms with Gasteiger partial charge in [-0.15, -0.1) is 6.58 Å². The van der Waals surface area contributed by atoms with Crippen LogP contribution in [0.4, 0.5) is 0 Å². The summed E-state index contributed by atoms with van der Waals surface area (Å²) < 4.78 is 5.98. The van der Waals surface area contributed by atoms with Crippen LogP contribution >= 0.6 is 0 Å². The van der Waals surface area contributed by atoms with Gasteiger partial charge in [-0.25, -0.2) is 0 Å². The zero-order chi connectivity index (χ0) is 14.2.